The Balaban J connectivity index is 1.20. The zero-order valence-electron chi connectivity index (χ0n) is 21.6. The molecule has 2 amide bonds. The number of anilines is 1. The first-order chi connectivity index (χ1) is 18.5. The number of aromatic nitrogens is 3. The van der Waals surface area contributed by atoms with Crippen molar-refractivity contribution in [3.8, 4) is 34.4 Å². The molecule has 2 aliphatic heterocycles. The molecule has 1 aliphatic carbocycles. The van der Waals surface area contributed by atoms with Crippen LogP contribution in [0.1, 0.15) is 24.0 Å². The number of carbonyl (C=O) groups is 1. The predicted molar refractivity (Wildman–Crippen MR) is 146 cm³/mol. The van der Waals surface area contributed by atoms with Crippen LogP contribution in [0.25, 0.3) is 28.3 Å². The fourth-order valence-corrected chi connectivity index (χ4v) is 6.06. The SMILES string of the molecule is CN(C)C1CC(N2CCN(c3ccc4c(c3)Cn3cc(-c5ccc(C#N)cc5)cc3-c3nccn3-4)C2=O)C1. The first-order valence-corrected chi connectivity index (χ1v) is 13.1. The molecule has 0 bridgehead atoms. The number of amides is 2. The van der Waals surface area contributed by atoms with E-state index in [2.05, 4.69) is 69.6 Å². The number of benzene rings is 2. The van der Waals surface area contributed by atoms with Gasteiger partial charge in [0.15, 0.2) is 5.82 Å². The zero-order chi connectivity index (χ0) is 26.0. The topological polar surface area (TPSA) is 73.3 Å². The molecule has 0 atom stereocenters. The molecule has 8 nitrogen and oxygen atoms in total. The van der Waals surface area contributed by atoms with E-state index in [1.807, 2.05) is 41.6 Å². The molecule has 0 spiro atoms. The molecule has 1 saturated heterocycles. The van der Waals surface area contributed by atoms with Crippen LogP contribution in [0.3, 0.4) is 0 Å². The molecule has 0 N–H and O–H groups in total. The summed E-state index contributed by atoms with van der Waals surface area (Å²) in [5.41, 5.74) is 7.01. The summed E-state index contributed by atoms with van der Waals surface area (Å²) < 4.78 is 4.37. The van der Waals surface area contributed by atoms with E-state index in [1.54, 1.807) is 0 Å². The molecular weight excluding hydrogens is 474 g/mol. The Morgan fingerprint density at radius 1 is 1.03 bits per heavy atom. The molecule has 3 aliphatic rings. The Morgan fingerprint density at radius 3 is 2.61 bits per heavy atom. The van der Waals surface area contributed by atoms with Gasteiger partial charge in [0.25, 0.3) is 0 Å². The molecule has 1 saturated carbocycles. The van der Waals surface area contributed by atoms with E-state index in [-0.39, 0.29) is 6.03 Å². The van der Waals surface area contributed by atoms with E-state index in [1.165, 1.54) is 0 Å². The van der Waals surface area contributed by atoms with Crippen LogP contribution < -0.4 is 4.90 Å². The normalized spacial score (nSPS) is 20.0. The maximum absolute atomic E-state index is 13.4. The summed E-state index contributed by atoms with van der Waals surface area (Å²) in [6.45, 7) is 2.17. The minimum Gasteiger partial charge on any atom is -0.340 e. The predicted octanol–water partition coefficient (Wildman–Crippen LogP) is 4.58. The molecule has 0 unspecified atom stereocenters. The molecular formula is C30H29N7O. The average molecular weight is 504 g/mol. The zero-order valence-corrected chi connectivity index (χ0v) is 21.6. The molecule has 7 rings (SSSR count). The van der Waals surface area contributed by atoms with Gasteiger partial charge in [0, 0.05) is 61.6 Å². The number of rotatable bonds is 4. The number of fused-ring (bicyclic) bond motifs is 5. The number of nitriles is 1. The number of imidazole rings is 1. The molecule has 2 fully saturated rings. The van der Waals surface area contributed by atoms with E-state index < -0.39 is 0 Å². The van der Waals surface area contributed by atoms with Crippen molar-refractivity contribution in [1.29, 1.82) is 5.26 Å². The van der Waals surface area contributed by atoms with E-state index in [0.717, 1.165) is 59.0 Å². The first-order valence-electron chi connectivity index (χ1n) is 13.1. The van der Waals surface area contributed by atoms with Crippen LogP contribution >= 0.6 is 0 Å². The Morgan fingerprint density at radius 2 is 1.84 bits per heavy atom. The van der Waals surface area contributed by atoms with Crippen molar-refractivity contribution < 1.29 is 4.79 Å². The highest BCUT2D eigenvalue weighted by Crippen LogP contribution is 2.37. The van der Waals surface area contributed by atoms with Crippen molar-refractivity contribution in [3.63, 3.8) is 0 Å². The lowest BCUT2D eigenvalue weighted by Crippen LogP contribution is -2.53. The number of urea groups is 1. The van der Waals surface area contributed by atoms with Gasteiger partial charge in [0.05, 0.1) is 23.0 Å². The van der Waals surface area contributed by atoms with Crippen molar-refractivity contribution in [2.45, 2.75) is 31.5 Å². The Kier molecular flexibility index (Phi) is 5.17. The van der Waals surface area contributed by atoms with Crippen LogP contribution in [-0.2, 0) is 6.54 Å². The second-order valence-corrected chi connectivity index (χ2v) is 10.7. The summed E-state index contributed by atoms with van der Waals surface area (Å²) in [4.78, 5) is 24.4. The smallest absolute Gasteiger partial charge is 0.324 e. The lowest BCUT2D eigenvalue weighted by Gasteiger charge is -2.43. The van der Waals surface area contributed by atoms with Crippen molar-refractivity contribution in [3.05, 3.63) is 78.2 Å². The van der Waals surface area contributed by atoms with E-state index >= 15 is 0 Å². The molecule has 4 heterocycles. The second-order valence-electron chi connectivity index (χ2n) is 10.7. The Bertz CT molecular complexity index is 1580. The van der Waals surface area contributed by atoms with Crippen LogP contribution in [0.5, 0.6) is 0 Å². The lowest BCUT2D eigenvalue weighted by atomic mass is 9.85. The highest BCUT2D eigenvalue weighted by atomic mass is 16.2. The summed E-state index contributed by atoms with van der Waals surface area (Å²) in [7, 11) is 4.23. The van der Waals surface area contributed by atoms with Crippen molar-refractivity contribution in [1.82, 2.24) is 23.9 Å². The van der Waals surface area contributed by atoms with Gasteiger partial charge in [-0.25, -0.2) is 9.78 Å². The third kappa shape index (κ3) is 3.54. The number of nitrogens with zero attached hydrogens (tertiary/aromatic N) is 7. The van der Waals surface area contributed by atoms with Crippen LogP contribution in [-0.4, -0.2) is 69.2 Å². The average Bonchev–Trinajstić information content (AvgIpc) is 3.61. The number of hydrogen-bond donors (Lipinski definition) is 0. The monoisotopic (exact) mass is 503 g/mol. The van der Waals surface area contributed by atoms with Gasteiger partial charge in [-0.1, -0.05) is 12.1 Å². The minimum absolute atomic E-state index is 0.119. The maximum atomic E-state index is 13.4. The molecule has 0 radical (unpaired) electrons. The van der Waals surface area contributed by atoms with Crippen LogP contribution in [0, 0.1) is 11.3 Å². The highest BCUT2D eigenvalue weighted by Gasteiger charge is 2.41. The third-order valence-electron chi connectivity index (χ3n) is 8.39. The number of hydrogen-bond acceptors (Lipinski definition) is 4. The molecule has 38 heavy (non-hydrogen) atoms. The highest BCUT2D eigenvalue weighted by molar-refractivity contribution is 5.94. The van der Waals surface area contributed by atoms with Crippen LogP contribution in [0.15, 0.2) is 67.1 Å². The number of carbonyl (C=O) groups excluding carboxylic acids is 1. The van der Waals surface area contributed by atoms with Crippen molar-refractivity contribution in [2.24, 2.45) is 0 Å². The summed E-state index contributed by atoms with van der Waals surface area (Å²) in [6, 6.07) is 19.4. The van der Waals surface area contributed by atoms with Gasteiger partial charge in [-0.2, -0.15) is 5.26 Å². The fraction of sp³-hybridized carbons (Fsp3) is 0.300. The fourth-order valence-electron chi connectivity index (χ4n) is 6.06. The van der Waals surface area contributed by atoms with Crippen LogP contribution in [0.2, 0.25) is 0 Å². The molecule has 190 valence electrons. The van der Waals surface area contributed by atoms with Gasteiger partial charge in [0.1, 0.15) is 0 Å². The summed E-state index contributed by atoms with van der Waals surface area (Å²) in [5.74, 6) is 0.889. The quantitative estimate of drug-likeness (QED) is 0.360. The molecule has 2 aromatic heterocycles. The largest absolute Gasteiger partial charge is 0.340 e. The van der Waals surface area contributed by atoms with Gasteiger partial charge in [-0.05, 0) is 74.5 Å². The molecule has 2 aromatic carbocycles. The summed E-state index contributed by atoms with van der Waals surface area (Å²) in [6.07, 6.45) is 8.09. The van der Waals surface area contributed by atoms with E-state index in [9.17, 15) is 4.79 Å². The van der Waals surface area contributed by atoms with E-state index in [4.69, 9.17) is 10.2 Å². The third-order valence-corrected chi connectivity index (χ3v) is 8.39. The standard InChI is InChI=1S/C30H29N7O/c1-33(2)25-15-26(16-25)36-12-11-35(30(36)38)24-7-8-27-23(13-24)19-34-18-22(21-5-3-20(17-31)4-6-21)14-28(34)29-32-9-10-37(27)29/h3-10,13-14,18,25-26H,11-12,15-16,19H2,1-2H3. The van der Waals surface area contributed by atoms with Gasteiger partial charge in [-0.15, -0.1) is 0 Å². The minimum atomic E-state index is 0.119. The van der Waals surface area contributed by atoms with Gasteiger partial charge in [-0.3, -0.25) is 9.47 Å². The van der Waals surface area contributed by atoms with Crippen LogP contribution in [0.4, 0.5) is 10.5 Å². The van der Waals surface area contributed by atoms with E-state index in [0.29, 0.717) is 30.7 Å². The lowest BCUT2D eigenvalue weighted by molar-refractivity contribution is 0.0847. The van der Waals surface area contributed by atoms with Gasteiger partial charge < -0.3 is 14.4 Å². The maximum Gasteiger partial charge on any atom is 0.324 e. The van der Waals surface area contributed by atoms with Gasteiger partial charge >= 0.3 is 6.03 Å². The summed E-state index contributed by atoms with van der Waals surface area (Å²) in [5, 5.41) is 9.15. The van der Waals surface area contributed by atoms with Crippen molar-refractivity contribution in [2.75, 3.05) is 32.1 Å². The molecule has 4 aromatic rings. The van der Waals surface area contributed by atoms with Crippen molar-refractivity contribution >= 4 is 11.7 Å². The van der Waals surface area contributed by atoms with Gasteiger partial charge in [0.2, 0.25) is 0 Å². The Labute approximate surface area is 221 Å². The first kappa shape index (κ1) is 22.8. The summed E-state index contributed by atoms with van der Waals surface area (Å²) >= 11 is 0. The molecule has 8 heteroatoms. The Hall–Kier alpha value is -4.35. The second kappa shape index (κ2) is 8.61.